The molecule has 1 heterocycles. The number of aromatic nitrogens is 2. The van der Waals surface area contributed by atoms with Crippen LogP contribution in [0.1, 0.15) is 12.1 Å². The van der Waals surface area contributed by atoms with Crippen LogP contribution in [0, 0.1) is 6.92 Å². The van der Waals surface area contributed by atoms with Gasteiger partial charge in [0.2, 0.25) is 10.0 Å². The lowest BCUT2D eigenvalue weighted by Gasteiger charge is -2.07. The maximum Gasteiger partial charge on any atom is 0.246 e. The smallest absolute Gasteiger partial charge is 0.246 e. The molecule has 1 aromatic rings. The van der Waals surface area contributed by atoms with Crippen molar-refractivity contribution in [1.82, 2.24) is 14.5 Å². The van der Waals surface area contributed by atoms with Crippen LogP contribution in [0.3, 0.4) is 0 Å². The first kappa shape index (κ1) is 15.7. The van der Waals surface area contributed by atoms with Gasteiger partial charge in [0.15, 0.2) is 5.82 Å². The number of hydrogen-bond acceptors (Lipinski definition) is 5. The summed E-state index contributed by atoms with van der Waals surface area (Å²) in [5.41, 5.74) is 6.10. The fraction of sp³-hybridized carbons (Fsp3) is 0.545. The van der Waals surface area contributed by atoms with Crippen molar-refractivity contribution < 1.29 is 13.2 Å². The fourth-order valence-electron chi connectivity index (χ4n) is 1.54. The van der Waals surface area contributed by atoms with E-state index in [0.717, 1.165) is 6.42 Å². The Morgan fingerprint density at radius 3 is 2.74 bits per heavy atom. The Morgan fingerprint density at radius 1 is 1.53 bits per heavy atom. The second-order valence-electron chi connectivity index (χ2n) is 4.01. The second-order valence-corrected chi connectivity index (χ2v) is 5.71. The van der Waals surface area contributed by atoms with Gasteiger partial charge in [0, 0.05) is 13.6 Å². The van der Waals surface area contributed by atoms with E-state index in [1.165, 1.54) is 4.68 Å². The number of aryl methyl sites for hydroxylation is 1. The minimum atomic E-state index is -3.65. The molecule has 8 heteroatoms. The van der Waals surface area contributed by atoms with Gasteiger partial charge < -0.3 is 10.5 Å². The lowest BCUT2D eigenvalue weighted by atomic mass is 10.5. The SMILES string of the molecule is C=CCCOCCNS(=O)(=O)c1c(N)nn(C)c1C. The van der Waals surface area contributed by atoms with Gasteiger partial charge >= 0.3 is 0 Å². The van der Waals surface area contributed by atoms with Gasteiger partial charge in [-0.2, -0.15) is 5.10 Å². The zero-order valence-electron chi connectivity index (χ0n) is 11.2. The van der Waals surface area contributed by atoms with E-state index in [-0.39, 0.29) is 17.3 Å². The van der Waals surface area contributed by atoms with E-state index in [2.05, 4.69) is 16.4 Å². The molecular formula is C11H20N4O3S. The van der Waals surface area contributed by atoms with Gasteiger partial charge in [0.25, 0.3) is 0 Å². The molecular weight excluding hydrogens is 268 g/mol. The van der Waals surface area contributed by atoms with Crippen molar-refractivity contribution in [1.29, 1.82) is 0 Å². The molecule has 0 unspecified atom stereocenters. The maximum absolute atomic E-state index is 12.1. The zero-order chi connectivity index (χ0) is 14.5. The van der Waals surface area contributed by atoms with Gasteiger partial charge in [0.05, 0.1) is 18.9 Å². The number of hydrogen-bond donors (Lipinski definition) is 2. The first-order chi connectivity index (χ1) is 8.90. The van der Waals surface area contributed by atoms with Gasteiger partial charge in [-0.1, -0.05) is 6.08 Å². The molecule has 0 saturated carbocycles. The largest absolute Gasteiger partial charge is 0.381 e. The highest BCUT2D eigenvalue weighted by molar-refractivity contribution is 7.89. The Balaban J connectivity index is 2.59. The van der Waals surface area contributed by atoms with Gasteiger partial charge in [-0.3, -0.25) is 4.68 Å². The average Bonchev–Trinajstić information content (AvgIpc) is 2.58. The highest BCUT2D eigenvalue weighted by atomic mass is 32.2. The molecule has 0 aliphatic carbocycles. The Bertz CT molecular complexity index is 536. The molecule has 108 valence electrons. The number of anilines is 1. The fourth-order valence-corrected chi connectivity index (χ4v) is 2.87. The van der Waals surface area contributed by atoms with E-state index in [9.17, 15) is 8.42 Å². The molecule has 3 N–H and O–H groups in total. The number of nitrogens with one attached hydrogen (secondary N) is 1. The van der Waals surface area contributed by atoms with Crippen LogP contribution < -0.4 is 10.5 Å². The van der Waals surface area contributed by atoms with E-state index in [0.29, 0.717) is 18.9 Å². The minimum Gasteiger partial charge on any atom is -0.381 e. The van der Waals surface area contributed by atoms with Crippen molar-refractivity contribution in [3.63, 3.8) is 0 Å². The van der Waals surface area contributed by atoms with Crippen LogP contribution >= 0.6 is 0 Å². The lowest BCUT2D eigenvalue weighted by molar-refractivity contribution is 0.144. The molecule has 0 saturated heterocycles. The van der Waals surface area contributed by atoms with Crippen LogP contribution in [0.2, 0.25) is 0 Å². The van der Waals surface area contributed by atoms with Gasteiger partial charge in [-0.15, -0.1) is 6.58 Å². The highest BCUT2D eigenvalue weighted by Gasteiger charge is 2.23. The Hall–Kier alpha value is -1.38. The van der Waals surface area contributed by atoms with E-state index in [4.69, 9.17) is 10.5 Å². The number of rotatable bonds is 8. The summed E-state index contributed by atoms with van der Waals surface area (Å²) in [4.78, 5) is 0.0288. The molecule has 0 amide bonds. The third kappa shape index (κ3) is 4.05. The monoisotopic (exact) mass is 288 g/mol. The van der Waals surface area contributed by atoms with E-state index in [1.807, 2.05) is 0 Å². The summed E-state index contributed by atoms with van der Waals surface area (Å²) < 4.78 is 33.2. The van der Waals surface area contributed by atoms with Crippen molar-refractivity contribution in [2.75, 3.05) is 25.5 Å². The average molecular weight is 288 g/mol. The lowest BCUT2D eigenvalue weighted by Crippen LogP contribution is -2.28. The summed E-state index contributed by atoms with van der Waals surface area (Å²) in [6, 6.07) is 0. The van der Waals surface area contributed by atoms with Gasteiger partial charge in [-0.05, 0) is 13.3 Å². The van der Waals surface area contributed by atoms with E-state index >= 15 is 0 Å². The van der Waals surface area contributed by atoms with E-state index in [1.54, 1.807) is 20.0 Å². The molecule has 0 bridgehead atoms. The van der Waals surface area contributed by atoms with Crippen molar-refractivity contribution in [2.45, 2.75) is 18.2 Å². The topological polar surface area (TPSA) is 99.2 Å². The molecule has 7 nitrogen and oxygen atoms in total. The molecule has 0 aliphatic heterocycles. The summed E-state index contributed by atoms with van der Waals surface area (Å²) in [7, 11) is -2.01. The summed E-state index contributed by atoms with van der Waals surface area (Å²) >= 11 is 0. The molecule has 0 aromatic carbocycles. The quantitative estimate of drug-likeness (QED) is 0.525. The van der Waals surface area contributed by atoms with Crippen LogP contribution in [0.4, 0.5) is 5.82 Å². The number of ether oxygens (including phenoxy) is 1. The predicted molar refractivity (Wildman–Crippen MR) is 73.2 cm³/mol. The zero-order valence-corrected chi connectivity index (χ0v) is 12.0. The summed E-state index contributed by atoms with van der Waals surface area (Å²) in [5.74, 6) is 0.0000701. The van der Waals surface area contributed by atoms with Crippen LogP contribution in [-0.4, -0.2) is 38.0 Å². The minimum absolute atomic E-state index is 0.0000701. The maximum atomic E-state index is 12.1. The van der Waals surface area contributed by atoms with Gasteiger partial charge in [-0.25, -0.2) is 13.1 Å². The van der Waals surface area contributed by atoms with Crippen molar-refractivity contribution in [3.8, 4) is 0 Å². The Kier molecular flexibility index (Phi) is 5.52. The molecule has 19 heavy (non-hydrogen) atoms. The van der Waals surface area contributed by atoms with Crippen LogP contribution in [-0.2, 0) is 21.8 Å². The molecule has 1 rings (SSSR count). The number of sulfonamides is 1. The van der Waals surface area contributed by atoms with Crippen LogP contribution in [0.25, 0.3) is 0 Å². The molecule has 0 aliphatic rings. The third-order valence-corrected chi connectivity index (χ3v) is 4.20. The number of nitrogens with zero attached hydrogens (tertiary/aromatic N) is 2. The number of nitrogen functional groups attached to an aromatic ring is 1. The first-order valence-electron chi connectivity index (χ1n) is 5.87. The normalized spacial score (nSPS) is 11.7. The molecule has 1 aromatic heterocycles. The standard InChI is InChI=1S/C11H20N4O3S/c1-4-5-7-18-8-6-13-19(16,17)10-9(2)15(3)14-11(10)12/h4,13H,1,5-8H2,2-3H3,(H2,12,14). The number of nitrogens with two attached hydrogens (primary N) is 1. The Labute approximate surface area is 113 Å². The molecule has 0 atom stereocenters. The first-order valence-corrected chi connectivity index (χ1v) is 7.36. The molecule has 0 fully saturated rings. The highest BCUT2D eigenvalue weighted by Crippen LogP contribution is 2.20. The molecule has 0 radical (unpaired) electrons. The summed E-state index contributed by atoms with van der Waals surface area (Å²) in [6.07, 6.45) is 2.48. The van der Waals surface area contributed by atoms with Crippen LogP contribution in [0.5, 0.6) is 0 Å². The second kappa shape index (κ2) is 6.69. The van der Waals surface area contributed by atoms with E-state index < -0.39 is 10.0 Å². The van der Waals surface area contributed by atoms with Crippen molar-refractivity contribution in [2.24, 2.45) is 7.05 Å². The van der Waals surface area contributed by atoms with Gasteiger partial charge in [0.1, 0.15) is 4.90 Å². The summed E-state index contributed by atoms with van der Waals surface area (Å²) in [6.45, 7) is 6.23. The van der Waals surface area contributed by atoms with Crippen molar-refractivity contribution in [3.05, 3.63) is 18.3 Å². The Morgan fingerprint density at radius 2 is 2.21 bits per heavy atom. The molecule has 0 spiro atoms. The summed E-state index contributed by atoms with van der Waals surface area (Å²) in [5, 5.41) is 3.88. The van der Waals surface area contributed by atoms with Crippen molar-refractivity contribution >= 4 is 15.8 Å². The predicted octanol–water partition coefficient (Wildman–Crippen LogP) is 0.182. The van der Waals surface area contributed by atoms with Crippen LogP contribution in [0.15, 0.2) is 17.6 Å². The third-order valence-electron chi connectivity index (χ3n) is 2.58.